The Hall–Kier alpha value is -4.98. The number of hydrogen-bond donors (Lipinski definition) is 3. The number of nitrogens with zero attached hydrogens (tertiary/aromatic N) is 3. The van der Waals surface area contributed by atoms with E-state index in [1.54, 1.807) is 7.05 Å². The number of H-pyrrole nitrogens is 2. The molecule has 2 unspecified atom stereocenters. The van der Waals surface area contributed by atoms with Crippen molar-refractivity contribution in [1.82, 2.24) is 30.0 Å². The van der Waals surface area contributed by atoms with Gasteiger partial charge in [-0.3, -0.25) is 24.3 Å². The monoisotopic (exact) mass is 812 g/mol. The smallest absolute Gasteiger partial charge is 0.237 e. The summed E-state index contributed by atoms with van der Waals surface area (Å²) in [6.07, 6.45) is 4.70. The molecule has 4 heterocycles. The van der Waals surface area contributed by atoms with Gasteiger partial charge in [0.1, 0.15) is 35.9 Å². The van der Waals surface area contributed by atoms with Crippen molar-refractivity contribution in [2.75, 3.05) is 46.9 Å². The van der Waals surface area contributed by atoms with E-state index < -0.39 is 29.4 Å². The molecule has 3 atom stereocenters. The lowest BCUT2D eigenvalue weighted by Gasteiger charge is -2.43. The molecule has 0 spiro atoms. The van der Waals surface area contributed by atoms with Gasteiger partial charge in [-0.05, 0) is 95.8 Å². The molecule has 5 aromatic rings. The molecule has 2 aliphatic rings. The van der Waals surface area contributed by atoms with Crippen LogP contribution in [0.3, 0.4) is 0 Å². The number of benzene rings is 3. The van der Waals surface area contributed by atoms with Gasteiger partial charge in [-0.1, -0.05) is 30.3 Å². The number of rotatable bonds is 16. The van der Waals surface area contributed by atoms with E-state index in [4.69, 9.17) is 4.74 Å². The second-order valence-electron chi connectivity index (χ2n) is 16.9. The van der Waals surface area contributed by atoms with E-state index in [0.717, 1.165) is 71.4 Å². The van der Waals surface area contributed by atoms with Crippen LogP contribution < -0.4 is 10.1 Å². The minimum atomic E-state index is -1.58. The van der Waals surface area contributed by atoms with Gasteiger partial charge in [-0.25, -0.2) is 13.2 Å². The van der Waals surface area contributed by atoms with Crippen molar-refractivity contribution < 1.29 is 32.3 Å². The summed E-state index contributed by atoms with van der Waals surface area (Å²) in [5, 5.41) is 4.60. The zero-order valence-corrected chi connectivity index (χ0v) is 34.5. The number of aldehydes is 2. The first-order valence-electron chi connectivity index (χ1n) is 20.6. The Labute approximate surface area is 343 Å². The van der Waals surface area contributed by atoms with E-state index >= 15 is 13.2 Å². The van der Waals surface area contributed by atoms with E-state index in [9.17, 15) is 14.4 Å². The van der Waals surface area contributed by atoms with E-state index in [2.05, 4.69) is 32.3 Å². The second kappa shape index (κ2) is 17.7. The Bertz CT molecular complexity index is 2290. The van der Waals surface area contributed by atoms with Crippen LogP contribution in [0.2, 0.25) is 0 Å². The molecule has 2 aromatic heterocycles. The highest BCUT2D eigenvalue weighted by molar-refractivity contribution is 5.93. The first-order chi connectivity index (χ1) is 28.3. The lowest BCUT2D eigenvalue weighted by Crippen LogP contribution is -2.48. The Morgan fingerprint density at radius 1 is 1.03 bits per heavy atom. The highest BCUT2D eigenvalue weighted by atomic mass is 19.1. The summed E-state index contributed by atoms with van der Waals surface area (Å²) >= 11 is 0. The molecule has 3 N–H and O–H groups in total. The molecular formula is C46H55F3N6O4. The summed E-state index contributed by atoms with van der Waals surface area (Å²) in [5.41, 5.74) is 4.18. The van der Waals surface area contributed by atoms with Crippen molar-refractivity contribution in [3.05, 3.63) is 99.9 Å². The number of hydrogen-bond acceptors (Lipinski definition) is 7. The van der Waals surface area contributed by atoms with Crippen molar-refractivity contribution in [1.29, 1.82) is 0 Å². The van der Waals surface area contributed by atoms with Crippen molar-refractivity contribution in [3.63, 3.8) is 0 Å². The van der Waals surface area contributed by atoms with Crippen LogP contribution in [-0.4, -0.2) is 108 Å². The van der Waals surface area contributed by atoms with E-state index in [1.807, 2.05) is 54.1 Å². The number of likely N-dealkylation sites (tertiary alicyclic amines) is 1. The van der Waals surface area contributed by atoms with Gasteiger partial charge in [0.2, 0.25) is 5.91 Å². The maximum absolute atomic E-state index is 16.2. The third kappa shape index (κ3) is 8.97. The number of halogens is 3. The van der Waals surface area contributed by atoms with Crippen molar-refractivity contribution in [3.8, 4) is 5.75 Å². The minimum absolute atomic E-state index is 0.00865. The third-order valence-electron chi connectivity index (χ3n) is 12.3. The van der Waals surface area contributed by atoms with E-state index in [-0.39, 0.29) is 42.8 Å². The van der Waals surface area contributed by atoms with Gasteiger partial charge in [0, 0.05) is 89.9 Å². The summed E-state index contributed by atoms with van der Waals surface area (Å²) in [7, 11) is 3.39. The van der Waals surface area contributed by atoms with Crippen molar-refractivity contribution >= 4 is 40.3 Å². The molecule has 314 valence electrons. The molecule has 10 nitrogen and oxygen atoms in total. The summed E-state index contributed by atoms with van der Waals surface area (Å²) in [4.78, 5) is 48.4. The fraction of sp³-hybridized carbons (Fsp3) is 0.457. The highest BCUT2D eigenvalue weighted by Gasteiger charge is 2.41. The molecule has 1 fully saturated rings. The average molecular weight is 813 g/mol. The number of para-hydroxylation sites is 1. The number of likely N-dealkylation sites (N-methyl/N-ethyl adjacent to an activating group) is 2. The molecule has 2 aliphatic heterocycles. The van der Waals surface area contributed by atoms with Crippen LogP contribution in [0.4, 0.5) is 13.2 Å². The number of carbonyl (C=O) groups is 3. The predicted molar refractivity (Wildman–Crippen MR) is 224 cm³/mol. The number of fused-ring (bicyclic) bond motifs is 4. The Balaban J connectivity index is 0.986. The normalized spacial score (nSPS) is 18.7. The number of aromatic amines is 2. The molecule has 0 aliphatic carbocycles. The second-order valence-corrected chi connectivity index (χ2v) is 16.9. The summed E-state index contributed by atoms with van der Waals surface area (Å²) in [6.45, 7) is 7.82. The van der Waals surface area contributed by atoms with Crippen LogP contribution in [0.15, 0.2) is 54.6 Å². The first-order valence-corrected chi connectivity index (χ1v) is 20.6. The maximum Gasteiger partial charge on any atom is 0.237 e. The van der Waals surface area contributed by atoms with Crippen molar-refractivity contribution in [2.24, 2.45) is 0 Å². The first kappa shape index (κ1) is 42.2. The molecule has 59 heavy (non-hydrogen) atoms. The van der Waals surface area contributed by atoms with Gasteiger partial charge in [0.25, 0.3) is 0 Å². The Morgan fingerprint density at radius 2 is 1.76 bits per heavy atom. The van der Waals surface area contributed by atoms with Crippen LogP contribution in [0.5, 0.6) is 5.75 Å². The molecule has 13 heteroatoms. The predicted octanol–water partition coefficient (Wildman–Crippen LogP) is 7.61. The summed E-state index contributed by atoms with van der Waals surface area (Å²) < 4.78 is 53.5. The van der Waals surface area contributed by atoms with Gasteiger partial charge in [0.05, 0.1) is 17.8 Å². The fourth-order valence-electron chi connectivity index (χ4n) is 9.31. The van der Waals surface area contributed by atoms with Crippen LogP contribution in [0.1, 0.15) is 96.9 Å². The zero-order valence-electron chi connectivity index (χ0n) is 34.5. The largest absolute Gasteiger partial charge is 0.492 e. The van der Waals surface area contributed by atoms with Crippen LogP contribution in [0.25, 0.3) is 21.8 Å². The quantitative estimate of drug-likeness (QED) is 0.0880. The molecule has 0 radical (unpaired) electrons. The average Bonchev–Trinajstić information content (AvgIpc) is 3.75. The maximum atomic E-state index is 16.2. The van der Waals surface area contributed by atoms with Gasteiger partial charge >= 0.3 is 0 Å². The van der Waals surface area contributed by atoms with E-state index in [0.29, 0.717) is 43.2 Å². The highest BCUT2D eigenvalue weighted by Crippen LogP contribution is 2.44. The van der Waals surface area contributed by atoms with Crippen LogP contribution in [-0.2, 0) is 22.6 Å². The molecule has 7 rings (SSSR count). The topological polar surface area (TPSA) is 114 Å². The number of carbonyl (C=O) groups excluding carboxylic acids is 3. The molecule has 0 bridgehead atoms. The molecule has 0 saturated carbocycles. The van der Waals surface area contributed by atoms with Gasteiger partial charge in [0.15, 0.2) is 6.29 Å². The lowest BCUT2D eigenvalue weighted by molar-refractivity contribution is -0.126. The molecular weight excluding hydrogens is 758 g/mol. The number of ether oxygens (including phenoxy) is 1. The van der Waals surface area contributed by atoms with E-state index in [1.165, 1.54) is 31.5 Å². The SMILES string of the molecule is CNC(=O)C(CCC=O)N(C)Cc1c(C=O)[nH]c2cc(C3CCN(CCOc4cc(F)c([C@@H]5c6[nH]c7ccccc7c6CC(C)N5CC(C)(C)F)c(F)c4)CC3)ccc12. The lowest BCUT2D eigenvalue weighted by atomic mass is 9.87. The zero-order chi connectivity index (χ0) is 42.0. The fourth-order valence-corrected chi connectivity index (χ4v) is 9.31. The summed E-state index contributed by atoms with van der Waals surface area (Å²) in [6, 6.07) is 15.1. The number of amides is 1. The van der Waals surface area contributed by atoms with Gasteiger partial charge in [-0.15, -0.1) is 0 Å². The van der Waals surface area contributed by atoms with Crippen LogP contribution >= 0.6 is 0 Å². The molecule has 1 amide bonds. The standard InChI is InChI=1S/C46H55F3N6O4/c1-28-21-34-32-9-6-7-10-38(32)52-43(34)44(55(28)27-46(2,3)49)42-36(47)23-31(24-37(42)48)59-20-18-54-16-14-29(15-17-54)30-12-13-33-35(40(26-57)51-39(33)22-30)25-53(5)41(11-8-19-56)45(58)50-4/h6-7,9-10,12-13,19,22-24,26,28-29,41,44,51-52H,8,11,14-18,20-21,25,27H2,1-5H3,(H,50,58)/t28?,41?,44-/m1/s1. The van der Waals surface area contributed by atoms with Gasteiger partial charge in [-0.2, -0.15) is 0 Å². The number of alkyl halides is 1. The number of aromatic nitrogens is 2. The molecule has 1 saturated heterocycles. The number of piperidine rings is 1. The van der Waals surface area contributed by atoms with Gasteiger partial charge < -0.3 is 24.8 Å². The van der Waals surface area contributed by atoms with Crippen molar-refractivity contribution in [2.45, 2.75) is 89.1 Å². The Morgan fingerprint density at radius 3 is 2.44 bits per heavy atom. The summed E-state index contributed by atoms with van der Waals surface area (Å²) in [5.74, 6) is -1.22. The number of nitrogens with one attached hydrogen (secondary N) is 3. The Kier molecular flexibility index (Phi) is 12.7. The third-order valence-corrected chi connectivity index (χ3v) is 12.3. The van der Waals surface area contributed by atoms with Crippen LogP contribution in [0, 0.1) is 11.6 Å². The molecule has 3 aromatic carbocycles. The minimum Gasteiger partial charge on any atom is -0.492 e.